The van der Waals surface area contributed by atoms with Gasteiger partial charge in [-0.3, -0.25) is 14.6 Å². The first-order valence-corrected chi connectivity index (χ1v) is 12.0. The van der Waals surface area contributed by atoms with Crippen LogP contribution in [0, 0.1) is 0 Å². The Balaban J connectivity index is 1.09. The van der Waals surface area contributed by atoms with Gasteiger partial charge in [0.25, 0.3) is 5.91 Å². The van der Waals surface area contributed by atoms with E-state index in [1.165, 1.54) is 10.5 Å². The van der Waals surface area contributed by atoms with Crippen molar-refractivity contribution in [2.24, 2.45) is 0 Å². The second-order valence-corrected chi connectivity index (χ2v) is 9.57. The van der Waals surface area contributed by atoms with E-state index in [0.717, 1.165) is 60.6 Å². The summed E-state index contributed by atoms with van der Waals surface area (Å²) in [6.45, 7) is 6.49. The van der Waals surface area contributed by atoms with Crippen LogP contribution in [0.2, 0.25) is 0 Å². The minimum Gasteiger partial charge on any atom is -0.454 e. The van der Waals surface area contributed by atoms with Gasteiger partial charge in [-0.2, -0.15) is 0 Å². The predicted molar refractivity (Wildman–Crippen MR) is 131 cm³/mol. The minimum absolute atomic E-state index is 0.208. The molecule has 3 heterocycles. The number of piperazine rings is 1. The molecule has 2 saturated heterocycles. The Morgan fingerprint density at radius 3 is 2.43 bits per heavy atom. The molecule has 0 spiro atoms. The summed E-state index contributed by atoms with van der Waals surface area (Å²) in [7, 11) is 0. The van der Waals surface area contributed by atoms with Crippen molar-refractivity contribution in [2.45, 2.75) is 19.0 Å². The van der Waals surface area contributed by atoms with Crippen molar-refractivity contribution in [1.82, 2.24) is 20.0 Å². The van der Waals surface area contributed by atoms with E-state index in [0.29, 0.717) is 6.67 Å². The molecule has 1 atom stereocenters. The lowest BCUT2D eigenvalue weighted by atomic mass is 9.90. The zero-order valence-corrected chi connectivity index (χ0v) is 19.7. The number of carbonyl (C=O) groups excluding carboxylic acids is 2. The molecule has 0 unspecified atom stereocenters. The largest absolute Gasteiger partial charge is 0.454 e. The van der Waals surface area contributed by atoms with Gasteiger partial charge in [0, 0.05) is 32.7 Å². The number of amides is 3. The van der Waals surface area contributed by atoms with Crippen molar-refractivity contribution in [2.75, 3.05) is 39.6 Å². The number of urea groups is 1. The third-order valence-corrected chi connectivity index (χ3v) is 7.25. The smallest absolute Gasteiger partial charge is 0.326 e. The van der Waals surface area contributed by atoms with Gasteiger partial charge in [0.05, 0.1) is 6.67 Å². The van der Waals surface area contributed by atoms with Crippen molar-refractivity contribution in [3.63, 3.8) is 0 Å². The number of fused-ring (bicyclic) bond motifs is 2. The Morgan fingerprint density at radius 2 is 1.60 bits per heavy atom. The highest BCUT2D eigenvalue weighted by molar-refractivity contribution is 6.07. The predicted octanol–water partition coefficient (Wildman–Crippen LogP) is 3.11. The van der Waals surface area contributed by atoms with Crippen molar-refractivity contribution in [1.29, 1.82) is 0 Å². The van der Waals surface area contributed by atoms with Gasteiger partial charge < -0.3 is 14.8 Å². The van der Waals surface area contributed by atoms with E-state index >= 15 is 0 Å². The second-order valence-electron chi connectivity index (χ2n) is 9.57. The Hall–Kier alpha value is -3.62. The maximum atomic E-state index is 13.4. The molecule has 1 N–H and O–H groups in total. The molecular weight excluding hydrogens is 444 g/mol. The van der Waals surface area contributed by atoms with Gasteiger partial charge in [0.1, 0.15) is 5.54 Å². The topological polar surface area (TPSA) is 74.4 Å². The highest BCUT2D eigenvalue weighted by Gasteiger charge is 2.49. The van der Waals surface area contributed by atoms with Gasteiger partial charge >= 0.3 is 6.03 Å². The van der Waals surface area contributed by atoms with E-state index in [9.17, 15) is 9.59 Å². The van der Waals surface area contributed by atoms with E-state index in [2.05, 4.69) is 21.2 Å². The van der Waals surface area contributed by atoms with Crippen LogP contribution < -0.4 is 14.8 Å². The highest BCUT2D eigenvalue weighted by Crippen LogP contribution is 2.33. The molecule has 3 aromatic rings. The van der Waals surface area contributed by atoms with Crippen molar-refractivity contribution < 1.29 is 19.1 Å². The maximum Gasteiger partial charge on any atom is 0.326 e. The molecule has 0 bridgehead atoms. The SMILES string of the molecule is C[C@]1(c2ccc3ccccc3c2)NC(=O)N(CN2CCN(Cc3ccc4c(c3)OCO4)CC2)C1=O. The number of ether oxygens (including phenoxy) is 2. The van der Waals surface area contributed by atoms with E-state index in [-0.39, 0.29) is 18.7 Å². The standard InChI is InChI=1S/C27H28N4O4/c1-27(22-8-7-20-4-2-3-5-21(20)15-22)25(32)31(26(33)28-27)17-30-12-10-29(11-13-30)16-19-6-9-23-24(14-19)35-18-34-23/h2-9,14-15H,10-13,16-18H2,1H3,(H,28,33)/t27-/m1/s1. The van der Waals surface area contributed by atoms with E-state index < -0.39 is 5.54 Å². The van der Waals surface area contributed by atoms with Gasteiger partial charge in [-0.1, -0.05) is 42.5 Å². The lowest BCUT2D eigenvalue weighted by molar-refractivity contribution is -0.132. The van der Waals surface area contributed by atoms with Gasteiger partial charge in [0.15, 0.2) is 11.5 Å². The van der Waals surface area contributed by atoms with Crippen LogP contribution in [0.4, 0.5) is 4.79 Å². The van der Waals surface area contributed by atoms with Gasteiger partial charge in [0.2, 0.25) is 6.79 Å². The molecule has 8 heteroatoms. The number of hydrogen-bond donors (Lipinski definition) is 1. The second kappa shape index (κ2) is 8.55. The van der Waals surface area contributed by atoms with Crippen LogP contribution in [-0.4, -0.2) is 66.3 Å². The number of nitrogens with zero attached hydrogens (tertiary/aromatic N) is 3. The summed E-state index contributed by atoms with van der Waals surface area (Å²) in [5.41, 5.74) is 0.913. The molecule has 8 nitrogen and oxygen atoms in total. The maximum absolute atomic E-state index is 13.4. The lowest BCUT2D eigenvalue weighted by Gasteiger charge is -2.36. The summed E-state index contributed by atoms with van der Waals surface area (Å²) >= 11 is 0. The van der Waals surface area contributed by atoms with Crippen molar-refractivity contribution >= 4 is 22.7 Å². The Labute approximate surface area is 204 Å². The molecule has 0 aromatic heterocycles. The fraction of sp³-hybridized carbons (Fsp3) is 0.333. The molecule has 0 saturated carbocycles. The fourth-order valence-electron chi connectivity index (χ4n) is 5.11. The quantitative estimate of drug-likeness (QED) is 0.576. The molecule has 2 fully saturated rings. The number of imide groups is 1. The number of hydrogen-bond acceptors (Lipinski definition) is 6. The van der Waals surface area contributed by atoms with Gasteiger partial charge in [-0.25, -0.2) is 9.69 Å². The summed E-state index contributed by atoms with van der Waals surface area (Å²) in [5, 5.41) is 5.09. The fourth-order valence-corrected chi connectivity index (χ4v) is 5.11. The third kappa shape index (κ3) is 3.98. The molecule has 3 amide bonds. The van der Waals surface area contributed by atoms with E-state index in [4.69, 9.17) is 9.47 Å². The first-order chi connectivity index (χ1) is 17.0. The molecule has 3 aromatic carbocycles. The van der Waals surface area contributed by atoms with Crippen LogP contribution in [0.1, 0.15) is 18.1 Å². The summed E-state index contributed by atoms with van der Waals surface area (Å²) in [6.07, 6.45) is 0. The Kier molecular flexibility index (Phi) is 5.35. The molecule has 6 rings (SSSR count). The number of nitrogens with one attached hydrogen (secondary N) is 1. The zero-order valence-electron chi connectivity index (χ0n) is 19.7. The van der Waals surface area contributed by atoms with Crippen LogP contribution in [0.15, 0.2) is 60.7 Å². The van der Waals surface area contributed by atoms with Crippen molar-refractivity contribution in [3.05, 3.63) is 71.8 Å². The first-order valence-electron chi connectivity index (χ1n) is 12.0. The monoisotopic (exact) mass is 472 g/mol. The summed E-state index contributed by atoms with van der Waals surface area (Å²) in [5.74, 6) is 1.39. The third-order valence-electron chi connectivity index (χ3n) is 7.25. The average molecular weight is 473 g/mol. The van der Waals surface area contributed by atoms with Crippen LogP contribution >= 0.6 is 0 Å². The van der Waals surface area contributed by atoms with Crippen LogP contribution in [0.5, 0.6) is 11.5 Å². The van der Waals surface area contributed by atoms with Crippen LogP contribution in [-0.2, 0) is 16.9 Å². The highest BCUT2D eigenvalue weighted by atomic mass is 16.7. The zero-order chi connectivity index (χ0) is 24.0. The summed E-state index contributed by atoms with van der Waals surface area (Å²) < 4.78 is 10.9. The molecular formula is C27H28N4O4. The molecule has 0 radical (unpaired) electrons. The Morgan fingerprint density at radius 1 is 0.857 bits per heavy atom. The molecule has 180 valence electrons. The molecule has 0 aliphatic carbocycles. The van der Waals surface area contributed by atoms with Gasteiger partial charge in [-0.15, -0.1) is 0 Å². The summed E-state index contributed by atoms with van der Waals surface area (Å²) in [4.78, 5) is 32.2. The van der Waals surface area contributed by atoms with E-state index in [1.54, 1.807) is 6.92 Å². The molecule has 35 heavy (non-hydrogen) atoms. The minimum atomic E-state index is -1.07. The van der Waals surface area contributed by atoms with Crippen molar-refractivity contribution in [3.8, 4) is 11.5 Å². The van der Waals surface area contributed by atoms with Crippen LogP contribution in [0.25, 0.3) is 10.8 Å². The molecule has 3 aliphatic rings. The summed E-state index contributed by atoms with van der Waals surface area (Å²) in [6, 6.07) is 19.7. The number of benzene rings is 3. The van der Waals surface area contributed by atoms with Crippen LogP contribution in [0.3, 0.4) is 0 Å². The van der Waals surface area contributed by atoms with E-state index in [1.807, 2.05) is 54.6 Å². The lowest BCUT2D eigenvalue weighted by Crippen LogP contribution is -2.51. The number of carbonyl (C=O) groups is 2. The average Bonchev–Trinajstić information content (AvgIpc) is 3.43. The number of rotatable bonds is 5. The Bertz CT molecular complexity index is 1300. The first kappa shape index (κ1) is 21.9. The normalized spacial score (nSPS) is 22.7. The molecule has 3 aliphatic heterocycles. The van der Waals surface area contributed by atoms with Gasteiger partial charge in [-0.05, 0) is 47.0 Å².